The number of hydrogen-bond acceptors (Lipinski definition) is 2. The van der Waals surface area contributed by atoms with Gasteiger partial charge in [-0.3, -0.25) is 0 Å². The third-order valence-electron chi connectivity index (χ3n) is 0.955. The maximum absolute atomic E-state index is 10.2. The van der Waals surface area contributed by atoms with Crippen LogP contribution in [0.1, 0.15) is 0 Å². The number of likely N-dealkylation sites (N-methyl/N-ethyl adjacent to an activating group) is 1. The molecule has 0 aliphatic rings. The third kappa shape index (κ3) is 13.6. The molecule has 6 heteroatoms. The van der Waals surface area contributed by atoms with Crippen LogP contribution in [0, 0.1) is 0 Å². The van der Waals surface area contributed by atoms with Crippen LogP contribution in [0.3, 0.4) is 0 Å². The van der Waals surface area contributed by atoms with Gasteiger partial charge in [-0.2, -0.15) is 0 Å². The Kier molecular flexibility index (Phi) is 7.91. The fourth-order valence-electron chi connectivity index (χ4n) is 0.386. The van der Waals surface area contributed by atoms with Gasteiger partial charge in [0.05, 0.1) is 21.1 Å². The normalized spacial score (nSPS) is 12.2. The molecule has 0 aromatic carbocycles. The second-order valence-corrected chi connectivity index (χ2v) is 4.57. The Hall–Kier alpha value is 0.600. The van der Waals surface area contributed by atoms with E-state index in [4.69, 9.17) is 11.2 Å². The van der Waals surface area contributed by atoms with Crippen molar-refractivity contribution >= 4 is 18.6 Å². The highest BCUT2D eigenvalue weighted by Crippen LogP contribution is 2.26. The average molecular weight is 221 g/mol. The van der Waals surface area contributed by atoms with E-state index in [2.05, 4.69) is 4.52 Å². The van der Waals surface area contributed by atoms with Crippen molar-refractivity contribution in [2.75, 3.05) is 34.3 Å². The summed E-state index contributed by atoms with van der Waals surface area (Å²) in [6, 6.07) is 0. The number of halogens is 2. The molecule has 0 N–H and O–H groups in total. The van der Waals surface area contributed by atoms with E-state index in [1.54, 1.807) is 0 Å². The predicted octanol–water partition coefficient (Wildman–Crippen LogP) is -1.39. The van der Waals surface area contributed by atoms with Crippen LogP contribution in [-0.4, -0.2) is 38.8 Å². The molecular weight excluding hydrogens is 208 g/mol. The maximum Gasteiger partial charge on any atom is 0.633 e. The van der Waals surface area contributed by atoms with Gasteiger partial charge < -0.3 is 16.9 Å². The van der Waals surface area contributed by atoms with Crippen molar-refractivity contribution < 1.29 is 26.0 Å². The minimum Gasteiger partial charge on any atom is -1.00 e. The van der Waals surface area contributed by atoms with Crippen LogP contribution < -0.4 is 12.4 Å². The van der Waals surface area contributed by atoms with E-state index >= 15 is 0 Å². The van der Waals surface area contributed by atoms with Crippen molar-refractivity contribution in [1.29, 1.82) is 0 Å². The minimum absolute atomic E-state index is 0. The molecule has 68 valence electrons. The van der Waals surface area contributed by atoms with Crippen molar-refractivity contribution in [3.63, 3.8) is 0 Å². The first kappa shape index (κ1) is 14.1. The van der Waals surface area contributed by atoms with Crippen LogP contribution in [-0.2, 0) is 9.09 Å². The van der Waals surface area contributed by atoms with Crippen molar-refractivity contribution in [2.24, 2.45) is 0 Å². The van der Waals surface area contributed by atoms with Crippen LogP contribution in [0.15, 0.2) is 0 Å². The van der Waals surface area contributed by atoms with Gasteiger partial charge in [0.2, 0.25) is 11.2 Å². The molecule has 0 amide bonds. The Balaban J connectivity index is 0. The Bertz CT molecular complexity index is 126. The van der Waals surface area contributed by atoms with Gasteiger partial charge in [0.1, 0.15) is 6.54 Å². The summed E-state index contributed by atoms with van der Waals surface area (Å²) in [6.07, 6.45) is 0. The van der Waals surface area contributed by atoms with Crippen molar-refractivity contribution in [1.82, 2.24) is 0 Å². The lowest BCUT2D eigenvalue weighted by Crippen LogP contribution is -3.00. The molecule has 0 aliphatic heterocycles. The molecule has 0 saturated carbocycles. The van der Waals surface area contributed by atoms with Gasteiger partial charge in [-0.05, 0) is 4.57 Å². The molecule has 0 aromatic rings. The Morgan fingerprint density at radius 1 is 1.45 bits per heavy atom. The quantitative estimate of drug-likeness (QED) is 0.431. The topological polar surface area (TPSA) is 26.3 Å². The molecule has 11 heavy (non-hydrogen) atoms. The molecule has 0 aromatic heterocycles. The highest BCUT2D eigenvalue weighted by atomic mass is 35.7. The molecule has 0 bridgehead atoms. The van der Waals surface area contributed by atoms with Gasteiger partial charge in [0, 0.05) is 0 Å². The zero-order valence-corrected chi connectivity index (χ0v) is 9.29. The van der Waals surface area contributed by atoms with Crippen molar-refractivity contribution in [3.05, 3.63) is 0 Å². The van der Waals surface area contributed by atoms with Crippen molar-refractivity contribution in [2.45, 2.75) is 0 Å². The Morgan fingerprint density at radius 2 is 1.91 bits per heavy atom. The number of hydrogen-bond donors (Lipinski definition) is 0. The summed E-state index contributed by atoms with van der Waals surface area (Å²) in [7, 11) is 4.16. The van der Waals surface area contributed by atoms with E-state index in [0.717, 1.165) is 11.0 Å². The molecule has 1 unspecified atom stereocenters. The second-order valence-electron chi connectivity index (χ2n) is 3.06. The summed E-state index contributed by atoms with van der Waals surface area (Å²) in [4.78, 5) is 0. The van der Waals surface area contributed by atoms with E-state index in [1.165, 1.54) is 0 Å². The summed E-state index contributed by atoms with van der Waals surface area (Å²) in [6.45, 7) is 1.26. The zero-order chi connectivity index (χ0) is 8.20. The second kappa shape index (κ2) is 6.15. The zero-order valence-electron chi connectivity index (χ0n) is 6.88. The minimum atomic E-state index is -1.94. The molecule has 0 radical (unpaired) electrons. The summed E-state index contributed by atoms with van der Waals surface area (Å²) < 4.78 is 15.7. The first-order chi connectivity index (χ1) is 4.42. The molecule has 0 spiro atoms. The van der Waals surface area contributed by atoms with E-state index < -0.39 is 7.38 Å². The fraction of sp³-hybridized carbons (Fsp3) is 1.00. The molecular formula is C5H13Cl2NO2P+. The molecule has 0 heterocycles. The maximum atomic E-state index is 10.2. The monoisotopic (exact) mass is 220 g/mol. The van der Waals surface area contributed by atoms with Gasteiger partial charge in [0.25, 0.3) is 0 Å². The highest BCUT2D eigenvalue weighted by Gasteiger charge is 2.15. The fourth-order valence-corrected chi connectivity index (χ4v) is 0.819. The first-order valence-electron chi connectivity index (χ1n) is 2.98. The van der Waals surface area contributed by atoms with Gasteiger partial charge in [0.15, 0.2) is 6.61 Å². The standard InChI is InChI=1S/C5H13ClNO2P.ClH/c1-7(2,3)4-5-9-10(6)8;/h4-5H2,1-3H3;1H/q+2;/p-1. The van der Waals surface area contributed by atoms with Gasteiger partial charge in [-0.25, -0.2) is 0 Å². The van der Waals surface area contributed by atoms with E-state index in [9.17, 15) is 4.57 Å². The smallest absolute Gasteiger partial charge is 0.633 e. The summed E-state index contributed by atoms with van der Waals surface area (Å²) in [5, 5.41) is 0. The predicted molar refractivity (Wildman–Crippen MR) is 42.3 cm³/mol. The Morgan fingerprint density at radius 3 is 2.18 bits per heavy atom. The Labute approximate surface area is 79.3 Å². The number of nitrogens with zero attached hydrogens (tertiary/aromatic N) is 1. The summed E-state index contributed by atoms with van der Waals surface area (Å²) >= 11 is 5.09. The molecule has 1 atom stereocenters. The molecule has 0 aliphatic carbocycles. The SMILES string of the molecule is C[N+](C)(C)CCO[P+](=O)Cl.[Cl-]. The first-order valence-corrected chi connectivity index (χ1v) is 5.06. The van der Waals surface area contributed by atoms with Gasteiger partial charge >= 0.3 is 7.38 Å². The molecule has 0 saturated heterocycles. The molecule has 0 rings (SSSR count). The largest absolute Gasteiger partial charge is 1.00 e. The van der Waals surface area contributed by atoms with E-state index in [-0.39, 0.29) is 12.4 Å². The van der Waals surface area contributed by atoms with Crippen LogP contribution in [0.4, 0.5) is 0 Å². The van der Waals surface area contributed by atoms with E-state index in [0.29, 0.717) is 6.61 Å². The summed E-state index contributed by atoms with van der Waals surface area (Å²) in [5.74, 6) is 0. The van der Waals surface area contributed by atoms with Crippen LogP contribution in [0.25, 0.3) is 0 Å². The third-order valence-corrected chi connectivity index (χ3v) is 1.63. The molecule has 0 fully saturated rings. The lowest BCUT2D eigenvalue weighted by molar-refractivity contribution is -0.870. The van der Waals surface area contributed by atoms with Crippen LogP contribution in [0.5, 0.6) is 0 Å². The van der Waals surface area contributed by atoms with Gasteiger partial charge in [-0.1, -0.05) is 0 Å². The summed E-state index contributed by atoms with van der Waals surface area (Å²) in [5.41, 5.74) is 0. The number of rotatable bonds is 4. The molecule has 3 nitrogen and oxygen atoms in total. The lowest BCUT2D eigenvalue weighted by atomic mass is 10.5. The van der Waals surface area contributed by atoms with Gasteiger partial charge in [-0.15, -0.1) is 4.52 Å². The number of quaternary nitrogens is 1. The lowest BCUT2D eigenvalue weighted by Gasteiger charge is -2.21. The van der Waals surface area contributed by atoms with Crippen LogP contribution >= 0.6 is 18.6 Å². The average Bonchev–Trinajstić information content (AvgIpc) is 1.59. The van der Waals surface area contributed by atoms with Crippen molar-refractivity contribution in [3.8, 4) is 0 Å². The van der Waals surface area contributed by atoms with E-state index in [1.807, 2.05) is 21.1 Å². The highest BCUT2D eigenvalue weighted by molar-refractivity contribution is 7.69. The van der Waals surface area contributed by atoms with Crippen LogP contribution in [0.2, 0.25) is 0 Å².